The average Bonchev–Trinajstić information content (AvgIpc) is 2.82. The van der Waals surface area contributed by atoms with Crippen molar-refractivity contribution >= 4 is 23.5 Å². The predicted octanol–water partition coefficient (Wildman–Crippen LogP) is 2.35. The number of anilines is 1. The van der Waals surface area contributed by atoms with E-state index in [2.05, 4.69) is 0 Å². The molecular weight excluding hydrogens is 400 g/mol. The van der Waals surface area contributed by atoms with E-state index in [0.29, 0.717) is 17.8 Å². The molecule has 0 bridgehead atoms. The number of hydrogen-bond donors (Lipinski definition) is 0. The molecule has 31 heavy (non-hydrogen) atoms. The Bertz CT molecular complexity index is 1000. The van der Waals surface area contributed by atoms with Gasteiger partial charge in [0.15, 0.2) is 0 Å². The second-order valence-electron chi connectivity index (χ2n) is 6.88. The van der Waals surface area contributed by atoms with Crippen molar-refractivity contribution in [2.24, 2.45) is 0 Å². The highest BCUT2D eigenvalue weighted by Gasteiger charge is 2.34. The van der Waals surface area contributed by atoms with Crippen molar-refractivity contribution < 1.29 is 28.6 Å². The number of methoxy groups -OCH3 is 2. The Balaban J connectivity index is 2.00. The van der Waals surface area contributed by atoms with Crippen molar-refractivity contribution in [2.75, 3.05) is 39.5 Å². The van der Waals surface area contributed by atoms with E-state index < -0.39 is 11.9 Å². The Morgan fingerprint density at radius 3 is 2.29 bits per heavy atom. The fourth-order valence-corrected chi connectivity index (χ4v) is 3.36. The zero-order valence-electron chi connectivity index (χ0n) is 17.7. The maximum absolute atomic E-state index is 13.3. The minimum Gasteiger partial charge on any atom is -0.466 e. The Labute approximate surface area is 180 Å². The molecule has 1 aliphatic heterocycles. The number of rotatable bonds is 6. The van der Waals surface area contributed by atoms with Crippen molar-refractivity contribution in [3.8, 4) is 0 Å². The van der Waals surface area contributed by atoms with Crippen LogP contribution in [0.3, 0.4) is 0 Å². The van der Waals surface area contributed by atoms with Crippen molar-refractivity contribution in [2.45, 2.75) is 6.54 Å². The highest BCUT2D eigenvalue weighted by molar-refractivity contribution is 6.06. The lowest BCUT2D eigenvalue weighted by atomic mass is 10.1. The van der Waals surface area contributed by atoms with Gasteiger partial charge in [-0.15, -0.1) is 0 Å². The van der Waals surface area contributed by atoms with Crippen molar-refractivity contribution in [3.05, 3.63) is 77.0 Å². The van der Waals surface area contributed by atoms with Crippen molar-refractivity contribution in [3.63, 3.8) is 0 Å². The summed E-state index contributed by atoms with van der Waals surface area (Å²) < 4.78 is 15.2. The van der Waals surface area contributed by atoms with E-state index in [1.165, 1.54) is 19.1 Å². The standard InChI is InChI=1S/C23H24N2O6/c1-24(13-16-9-5-4-6-10-16)21(26)17-11-7-8-12-19(17)25-15-31-14-18(22(27)29-2)20(25)23(28)30-3/h4-12H,13-15H2,1-3H3. The van der Waals surface area contributed by atoms with Crippen LogP contribution in [0.25, 0.3) is 0 Å². The summed E-state index contributed by atoms with van der Waals surface area (Å²) in [4.78, 5) is 41.1. The minimum atomic E-state index is -0.719. The third-order valence-corrected chi connectivity index (χ3v) is 4.87. The SMILES string of the molecule is COC(=O)C1=C(C(=O)OC)N(c2ccccc2C(=O)N(C)Cc2ccccc2)COC1. The van der Waals surface area contributed by atoms with Crippen LogP contribution in [0.1, 0.15) is 15.9 Å². The van der Waals surface area contributed by atoms with Crippen molar-refractivity contribution in [1.29, 1.82) is 0 Å². The molecule has 0 saturated carbocycles. The number of ether oxygens (including phenoxy) is 3. The van der Waals surface area contributed by atoms with Gasteiger partial charge in [-0.2, -0.15) is 0 Å². The minimum absolute atomic E-state index is 0.00781. The maximum Gasteiger partial charge on any atom is 0.355 e. The molecule has 0 unspecified atom stereocenters. The number of nitrogens with zero attached hydrogens (tertiary/aromatic N) is 2. The molecule has 8 nitrogen and oxygen atoms in total. The van der Waals surface area contributed by atoms with E-state index in [1.54, 1.807) is 36.2 Å². The van der Waals surface area contributed by atoms with E-state index in [-0.39, 0.29) is 30.5 Å². The Morgan fingerprint density at radius 1 is 0.968 bits per heavy atom. The predicted molar refractivity (Wildman–Crippen MR) is 113 cm³/mol. The molecule has 0 N–H and O–H groups in total. The summed E-state index contributed by atoms with van der Waals surface area (Å²) in [6, 6.07) is 16.4. The molecule has 0 aromatic heterocycles. The van der Waals surface area contributed by atoms with Crippen LogP contribution in [0.5, 0.6) is 0 Å². The Kier molecular flexibility index (Phi) is 7.04. The van der Waals surface area contributed by atoms with Gasteiger partial charge in [-0.05, 0) is 17.7 Å². The summed E-state index contributed by atoms with van der Waals surface area (Å²) in [6.07, 6.45) is 0. The van der Waals surface area contributed by atoms with Crippen LogP contribution in [0.2, 0.25) is 0 Å². The first-order chi connectivity index (χ1) is 15.0. The summed E-state index contributed by atoms with van der Waals surface area (Å²) in [6.45, 7) is 0.285. The monoisotopic (exact) mass is 424 g/mol. The van der Waals surface area contributed by atoms with Crippen LogP contribution in [0.4, 0.5) is 5.69 Å². The highest BCUT2D eigenvalue weighted by atomic mass is 16.5. The molecule has 0 fully saturated rings. The maximum atomic E-state index is 13.3. The number of amides is 1. The number of hydrogen-bond acceptors (Lipinski definition) is 7. The molecule has 162 valence electrons. The summed E-state index contributed by atoms with van der Waals surface area (Å²) in [5.74, 6) is -1.66. The van der Waals surface area contributed by atoms with E-state index in [0.717, 1.165) is 5.56 Å². The Morgan fingerprint density at radius 2 is 1.61 bits per heavy atom. The molecule has 1 heterocycles. The molecule has 0 atom stereocenters. The van der Waals surface area contributed by atoms with Gasteiger partial charge in [-0.25, -0.2) is 9.59 Å². The van der Waals surface area contributed by atoms with E-state index in [4.69, 9.17) is 14.2 Å². The topological polar surface area (TPSA) is 85.4 Å². The number of benzene rings is 2. The first-order valence-electron chi connectivity index (χ1n) is 9.61. The lowest BCUT2D eigenvalue weighted by molar-refractivity contribution is -0.140. The third-order valence-electron chi connectivity index (χ3n) is 4.87. The highest BCUT2D eigenvalue weighted by Crippen LogP contribution is 2.30. The van der Waals surface area contributed by atoms with Gasteiger partial charge in [0.2, 0.25) is 0 Å². The zero-order chi connectivity index (χ0) is 22.4. The fraction of sp³-hybridized carbons (Fsp3) is 0.261. The van der Waals surface area contributed by atoms with Gasteiger partial charge in [0, 0.05) is 13.6 Å². The summed E-state index contributed by atoms with van der Waals surface area (Å²) in [5, 5.41) is 0. The summed E-state index contributed by atoms with van der Waals surface area (Å²) in [5.41, 5.74) is 1.79. The fourth-order valence-electron chi connectivity index (χ4n) is 3.36. The number of para-hydroxylation sites is 1. The molecule has 0 saturated heterocycles. The van der Waals surface area contributed by atoms with E-state index >= 15 is 0 Å². The van der Waals surface area contributed by atoms with Crippen LogP contribution in [0, 0.1) is 0 Å². The molecule has 1 aliphatic rings. The van der Waals surface area contributed by atoms with Gasteiger partial charge in [0.05, 0.1) is 37.7 Å². The average molecular weight is 424 g/mol. The van der Waals surface area contributed by atoms with E-state index in [1.807, 2.05) is 30.3 Å². The van der Waals surface area contributed by atoms with Crippen molar-refractivity contribution in [1.82, 2.24) is 4.90 Å². The van der Waals surface area contributed by atoms with Gasteiger partial charge in [-0.3, -0.25) is 4.79 Å². The molecule has 2 aromatic carbocycles. The number of carbonyl (C=O) groups is 3. The molecule has 1 amide bonds. The molecule has 0 aliphatic carbocycles. The zero-order valence-corrected chi connectivity index (χ0v) is 17.7. The molecule has 3 rings (SSSR count). The largest absolute Gasteiger partial charge is 0.466 e. The normalized spacial score (nSPS) is 13.6. The second-order valence-corrected chi connectivity index (χ2v) is 6.88. The van der Waals surface area contributed by atoms with Crippen LogP contribution in [0.15, 0.2) is 65.9 Å². The van der Waals surface area contributed by atoms with Gasteiger partial charge in [-0.1, -0.05) is 42.5 Å². The quantitative estimate of drug-likeness (QED) is 0.658. The number of carbonyl (C=O) groups excluding carboxylic acids is 3. The molecule has 0 spiro atoms. The lowest BCUT2D eigenvalue weighted by Crippen LogP contribution is -2.40. The Hall–Kier alpha value is -3.65. The molecule has 8 heteroatoms. The van der Waals surface area contributed by atoms with Crippen LogP contribution >= 0.6 is 0 Å². The number of esters is 2. The van der Waals surface area contributed by atoms with E-state index in [9.17, 15) is 14.4 Å². The van der Waals surface area contributed by atoms with Gasteiger partial charge >= 0.3 is 11.9 Å². The first kappa shape index (κ1) is 22.0. The lowest BCUT2D eigenvalue weighted by Gasteiger charge is -2.32. The van der Waals surface area contributed by atoms with Gasteiger partial charge in [0.1, 0.15) is 12.4 Å². The molecular formula is C23H24N2O6. The molecule has 2 aromatic rings. The van der Waals surface area contributed by atoms with Crippen LogP contribution in [-0.4, -0.2) is 57.4 Å². The van der Waals surface area contributed by atoms with Crippen LogP contribution in [-0.2, 0) is 30.3 Å². The second kappa shape index (κ2) is 9.90. The smallest absolute Gasteiger partial charge is 0.355 e. The molecule has 0 radical (unpaired) electrons. The first-order valence-corrected chi connectivity index (χ1v) is 9.61. The van der Waals surface area contributed by atoms with Gasteiger partial charge < -0.3 is 24.0 Å². The van der Waals surface area contributed by atoms with Crippen LogP contribution < -0.4 is 4.90 Å². The van der Waals surface area contributed by atoms with Gasteiger partial charge in [0.25, 0.3) is 5.91 Å². The summed E-state index contributed by atoms with van der Waals surface area (Å²) >= 11 is 0. The summed E-state index contributed by atoms with van der Waals surface area (Å²) in [7, 11) is 4.15. The third kappa shape index (κ3) is 4.75.